The van der Waals surface area contributed by atoms with Gasteiger partial charge >= 0.3 is 0 Å². The highest BCUT2D eigenvalue weighted by Crippen LogP contribution is 2.37. The van der Waals surface area contributed by atoms with Gasteiger partial charge < -0.3 is 0 Å². The number of thiophene rings is 1. The van der Waals surface area contributed by atoms with E-state index < -0.39 is 18.3 Å². The quantitative estimate of drug-likeness (QED) is 0.828. The number of nitrogens with one attached hydrogen (secondary N) is 1. The average molecular weight is 346 g/mol. The maximum absolute atomic E-state index is 12.3. The number of hydrogen-bond donors (Lipinski definition) is 1. The predicted octanol–water partition coefficient (Wildman–Crippen LogP) is 4.34. The molecule has 8 heteroatoms. The fourth-order valence-electron chi connectivity index (χ4n) is 0.998. The Morgan fingerprint density at radius 2 is 1.78 bits per heavy atom. The molecule has 0 amide bonds. The van der Waals surface area contributed by atoms with Crippen LogP contribution in [-0.4, -0.2) is 16.7 Å². The van der Waals surface area contributed by atoms with Crippen molar-refractivity contribution in [1.82, 2.24) is 4.39 Å². The Bertz CT molecular complexity index is 527. The van der Waals surface area contributed by atoms with E-state index in [1.807, 2.05) is 33.9 Å². The van der Waals surface area contributed by atoms with Crippen molar-refractivity contribution in [2.75, 3.05) is 0 Å². The first-order valence-corrected chi connectivity index (χ1v) is 11.4. The van der Waals surface area contributed by atoms with Crippen molar-refractivity contribution in [2.45, 2.75) is 43.1 Å². The maximum atomic E-state index is 12.3. The second kappa shape index (κ2) is 5.07. The van der Waals surface area contributed by atoms with Crippen molar-refractivity contribution >= 4 is 52.8 Å². The van der Waals surface area contributed by atoms with Crippen LogP contribution in [0.5, 0.6) is 0 Å². The predicted molar refractivity (Wildman–Crippen MR) is 81.9 cm³/mol. The molecule has 0 fully saturated rings. The molecule has 0 unspecified atom stereocenters. The van der Waals surface area contributed by atoms with E-state index >= 15 is 0 Å². The lowest BCUT2D eigenvalue weighted by Gasteiger charge is -2.36. The topological polar surface area (TPSA) is 46.2 Å². The molecule has 0 aliphatic carbocycles. The highest BCUT2D eigenvalue weighted by molar-refractivity contribution is 7.93. The lowest BCUT2D eigenvalue weighted by atomic mass is 10.2. The molecule has 0 aliphatic heterocycles. The van der Waals surface area contributed by atoms with E-state index in [0.717, 1.165) is 11.3 Å². The van der Waals surface area contributed by atoms with Gasteiger partial charge in [-0.2, -0.15) is 0 Å². The molecule has 0 spiro atoms. The normalized spacial score (nSPS) is 13.9. The molecular formula is C10H17Cl2NO2S2Si. The number of halogens is 2. The molecule has 0 bridgehead atoms. The minimum Gasteiger partial charge on any atom is -0.232 e. The monoisotopic (exact) mass is 345 g/mol. The van der Waals surface area contributed by atoms with Gasteiger partial charge in [-0.25, -0.2) is 12.8 Å². The van der Waals surface area contributed by atoms with Gasteiger partial charge in [0.1, 0.15) is 16.8 Å². The van der Waals surface area contributed by atoms with Gasteiger partial charge in [-0.05, 0) is 11.1 Å². The van der Waals surface area contributed by atoms with Gasteiger partial charge in [0, 0.05) is 0 Å². The zero-order valence-electron chi connectivity index (χ0n) is 11.0. The minimum atomic E-state index is -3.54. The highest BCUT2D eigenvalue weighted by Gasteiger charge is 2.39. The molecule has 1 aromatic rings. The van der Waals surface area contributed by atoms with Gasteiger partial charge in [0.15, 0.2) is 0 Å². The van der Waals surface area contributed by atoms with Crippen molar-refractivity contribution in [3.8, 4) is 0 Å². The molecule has 0 saturated carbocycles. The first-order chi connectivity index (χ1) is 7.87. The molecule has 1 rings (SSSR count). The van der Waals surface area contributed by atoms with Crippen molar-refractivity contribution in [3.63, 3.8) is 0 Å². The molecule has 1 aromatic heterocycles. The zero-order valence-corrected chi connectivity index (χ0v) is 15.1. The summed E-state index contributed by atoms with van der Waals surface area (Å²) in [5.74, 6) is 0. The van der Waals surface area contributed by atoms with Crippen LogP contribution in [0.1, 0.15) is 20.8 Å². The summed E-state index contributed by atoms with van der Waals surface area (Å²) >= 11 is 12.6. The van der Waals surface area contributed by atoms with Gasteiger partial charge in [0.25, 0.3) is 0 Å². The summed E-state index contributed by atoms with van der Waals surface area (Å²) in [6.45, 7) is 10.1. The van der Waals surface area contributed by atoms with Gasteiger partial charge in [-0.3, -0.25) is 0 Å². The van der Waals surface area contributed by atoms with E-state index in [0.29, 0.717) is 4.34 Å². The lowest BCUT2D eigenvalue weighted by Crippen LogP contribution is -2.54. The Labute approximate surface area is 124 Å². The van der Waals surface area contributed by atoms with E-state index in [1.165, 1.54) is 6.07 Å². The van der Waals surface area contributed by atoms with Crippen molar-refractivity contribution in [3.05, 3.63) is 15.4 Å². The number of hydrogen-bond acceptors (Lipinski definition) is 3. The Kier molecular flexibility index (Phi) is 4.63. The van der Waals surface area contributed by atoms with Gasteiger partial charge in [0.2, 0.25) is 10.0 Å². The second-order valence-corrected chi connectivity index (χ2v) is 15.0. The molecular weight excluding hydrogens is 329 g/mol. The van der Waals surface area contributed by atoms with E-state index in [-0.39, 0.29) is 14.3 Å². The van der Waals surface area contributed by atoms with E-state index in [1.54, 1.807) is 0 Å². The Morgan fingerprint density at radius 1 is 1.28 bits per heavy atom. The Balaban J connectivity index is 3.10. The maximum Gasteiger partial charge on any atom is 0.244 e. The largest absolute Gasteiger partial charge is 0.244 e. The average Bonchev–Trinajstić information content (AvgIpc) is 2.43. The fourth-order valence-corrected chi connectivity index (χ4v) is 7.95. The van der Waals surface area contributed by atoms with Crippen LogP contribution in [0.4, 0.5) is 0 Å². The molecule has 0 aromatic carbocycles. The van der Waals surface area contributed by atoms with Crippen LogP contribution >= 0.6 is 34.5 Å². The summed E-state index contributed by atoms with van der Waals surface area (Å²) in [6.07, 6.45) is 0. The highest BCUT2D eigenvalue weighted by atomic mass is 35.5. The summed E-state index contributed by atoms with van der Waals surface area (Å²) in [4.78, 5) is 0. The first kappa shape index (κ1) is 16.5. The Morgan fingerprint density at radius 3 is 2.11 bits per heavy atom. The van der Waals surface area contributed by atoms with Crippen LogP contribution in [-0.2, 0) is 10.0 Å². The summed E-state index contributed by atoms with van der Waals surface area (Å²) in [5, 5.41) is 0.197. The van der Waals surface area contributed by atoms with Crippen LogP contribution in [0.15, 0.2) is 10.3 Å². The Hall–Kier alpha value is 0.407. The van der Waals surface area contributed by atoms with E-state index in [9.17, 15) is 8.42 Å². The molecule has 3 nitrogen and oxygen atoms in total. The third-order valence-corrected chi connectivity index (χ3v) is 13.2. The van der Waals surface area contributed by atoms with Crippen LogP contribution in [0.3, 0.4) is 0 Å². The SMILES string of the molecule is CC(C)(C)[Si](C)(C)NS(=O)(=O)c1cc(Cl)c(Cl)s1. The molecule has 104 valence electrons. The second-order valence-electron chi connectivity index (χ2n) is 5.67. The molecule has 0 saturated heterocycles. The number of rotatable bonds is 3. The third kappa shape index (κ3) is 3.49. The summed E-state index contributed by atoms with van der Waals surface area (Å²) in [5.41, 5.74) is 0. The smallest absolute Gasteiger partial charge is 0.232 e. The molecule has 0 radical (unpaired) electrons. The van der Waals surface area contributed by atoms with E-state index in [2.05, 4.69) is 4.39 Å². The zero-order chi connectivity index (χ0) is 14.4. The van der Waals surface area contributed by atoms with Crippen LogP contribution in [0, 0.1) is 0 Å². The van der Waals surface area contributed by atoms with Crippen molar-refractivity contribution in [1.29, 1.82) is 0 Å². The van der Waals surface area contributed by atoms with Gasteiger partial charge in [-0.15, -0.1) is 11.3 Å². The van der Waals surface area contributed by atoms with Crippen LogP contribution in [0.25, 0.3) is 0 Å². The molecule has 0 aliphatic rings. The van der Waals surface area contributed by atoms with Crippen molar-refractivity contribution < 1.29 is 8.42 Å². The standard InChI is InChI=1S/C10H17Cl2NO2S2Si/c1-10(2,3)18(4,5)13-17(14,15)8-6-7(11)9(12)16-8/h6,13H,1-5H3. The summed E-state index contributed by atoms with van der Waals surface area (Å²) in [7, 11) is -5.69. The fraction of sp³-hybridized carbons (Fsp3) is 0.600. The molecule has 0 atom stereocenters. The van der Waals surface area contributed by atoms with Gasteiger partial charge in [0.05, 0.1) is 5.02 Å². The minimum absolute atomic E-state index is 0.0785. The van der Waals surface area contributed by atoms with Crippen LogP contribution in [0.2, 0.25) is 27.5 Å². The molecule has 18 heavy (non-hydrogen) atoms. The first-order valence-electron chi connectivity index (χ1n) is 5.36. The lowest BCUT2D eigenvalue weighted by molar-refractivity contribution is 0.591. The molecule has 1 heterocycles. The summed E-state index contributed by atoms with van der Waals surface area (Å²) in [6, 6.07) is 1.39. The number of sulfonamides is 1. The van der Waals surface area contributed by atoms with Gasteiger partial charge in [-0.1, -0.05) is 57.1 Å². The summed E-state index contributed by atoms with van der Waals surface area (Å²) < 4.78 is 27.9. The van der Waals surface area contributed by atoms with E-state index in [4.69, 9.17) is 23.2 Å². The van der Waals surface area contributed by atoms with Crippen LogP contribution < -0.4 is 4.39 Å². The third-order valence-electron chi connectivity index (χ3n) is 3.15. The van der Waals surface area contributed by atoms with Crippen molar-refractivity contribution in [2.24, 2.45) is 0 Å². The molecule has 1 N–H and O–H groups in total.